The van der Waals surface area contributed by atoms with Gasteiger partial charge in [-0.25, -0.2) is 4.98 Å². The van der Waals surface area contributed by atoms with Crippen LogP contribution in [0.2, 0.25) is 0 Å². The van der Waals surface area contributed by atoms with E-state index in [9.17, 15) is 0 Å². The monoisotopic (exact) mass is 271 g/mol. The molecule has 20 heavy (non-hydrogen) atoms. The van der Waals surface area contributed by atoms with Gasteiger partial charge in [0.1, 0.15) is 11.6 Å². The molecule has 0 saturated carbocycles. The molecular weight excluding hydrogens is 250 g/mol. The predicted octanol–water partition coefficient (Wildman–Crippen LogP) is 2.42. The van der Waals surface area contributed by atoms with E-state index in [4.69, 9.17) is 10.5 Å². The highest BCUT2D eigenvalue weighted by Gasteiger charge is 2.24. The topological polar surface area (TPSA) is 51.4 Å². The number of piperidine rings is 1. The smallest absolute Gasteiger partial charge is 0.136 e. The fourth-order valence-electron chi connectivity index (χ4n) is 3.17. The molecule has 0 spiro atoms. The number of rotatable bonds is 2. The van der Waals surface area contributed by atoms with Gasteiger partial charge < -0.3 is 15.4 Å². The Morgan fingerprint density at radius 1 is 1.25 bits per heavy atom. The van der Waals surface area contributed by atoms with Crippen molar-refractivity contribution in [1.29, 1.82) is 0 Å². The molecular formula is C16H21N3O. The van der Waals surface area contributed by atoms with E-state index in [1.807, 2.05) is 24.4 Å². The maximum absolute atomic E-state index is 6.16. The van der Waals surface area contributed by atoms with Crippen molar-refractivity contribution in [2.24, 2.45) is 11.7 Å². The van der Waals surface area contributed by atoms with Crippen LogP contribution in [0.25, 0.3) is 10.8 Å². The van der Waals surface area contributed by atoms with Crippen LogP contribution >= 0.6 is 0 Å². The standard InChI is InChI=1S/C16H21N3O/c1-11-8-12(17)10-19(9-11)16-14-4-3-5-15(20-2)13(14)6-7-18-16/h3-7,11-12H,8-10,17H2,1-2H3. The van der Waals surface area contributed by atoms with E-state index in [1.54, 1.807) is 7.11 Å². The molecule has 2 atom stereocenters. The molecule has 4 heteroatoms. The summed E-state index contributed by atoms with van der Waals surface area (Å²) in [5.41, 5.74) is 6.16. The van der Waals surface area contributed by atoms with Crippen molar-refractivity contribution in [3.05, 3.63) is 30.5 Å². The van der Waals surface area contributed by atoms with E-state index in [2.05, 4.69) is 22.9 Å². The lowest BCUT2D eigenvalue weighted by Crippen LogP contribution is -2.46. The second kappa shape index (κ2) is 5.29. The molecule has 0 aliphatic carbocycles. The number of benzene rings is 1. The first-order chi connectivity index (χ1) is 9.69. The number of nitrogens with two attached hydrogens (primary N) is 1. The third-order valence-electron chi connectivity index (χ3n) is 3.96. The van der Waals surface area contributed by atoms with Crippen LogP contribution in [0.3, 0.4) is 0 Å². The van der Waals surface area contributed by atoms with Crippen molar-refractivity contribution in [1.82, 2.24) is 4.98 Å². The van der Waals surface area contributed by atoms with Crippen LogP contribution < -0.4 is 15.4 Å². The normalized spacial score (nSPS) is 23.1. The molecule has 0 amide bonds. The van der Waals surface area contributed by atoms with Crippen LogP contribution in [0.15, 0.2) is 30.5 Å². The highest BCUT2D eigenvalue weighted by Crippen LogP contribution is 2.32. The van der Waals surface area contributed by atoms with Crippen LogP contribution in [-0.2, 0) is 0 Å². The number of ether oxygens (including phenoxy) is 1. The molecule has 2 aromatic rings. The van der Waals surface area contributed by atoms with E-state index < -0.39 is 0 Å². The van der Waals surface area contributed by atoms with Crippen molar-refractivity contribution in [3.63, 3.8) is 0 Å². The van der Waals surface area contributed by atoms with E-state index in [0.717, 1.165) is 41.9 Å². The summed E-state index contributed by atoms with van der Waals surface area (Å²) in [5.74, 6) is 2.50. The number of pyridine rings is 1. The second-order valence-electron chi connectivity index (χ2n) is 5.70. The number of nitrogens with zero attached hydrogens (tertiary/aromatic N) is 2. The Hall–Kier alpha value is -1.81. The van der Waals surface area contributed by atoms with Crippen molar-refractivity contribution < 1.29 is 4.74 Å². The number of aromatic nitrogens is 1. The van der Waals surface area contributed by atoms with Gasteiger partial charge in [-0.05, 0) is 24.5 Å². The molecule has 0 bridgehead atoms. The van der Waals surface area contributed by atoms with Gasteiger partial charge in [0, 0.05) is 36.1 Å². The van der Waals surface area contributed by atoms with Crippen LogP contribution in [0.4, 0.5) is 5.82 Å². The Kier molecular flexibility index (Phi) is 3.49. The zero-order chi connectivity index (χ0) is 14.1. The van der Waals surface area contributed by atoms with Gasteiger partial charge in [0.2, 0.25) is 0 Å². The lowest BCUT2D eigenvalue weighted by atomic mass is 9.96. The van der Waals surface area contributed by atoms with Crippen LogP contribution in [0.5, 0.6) is 5.75 Å². The van der Waals surface area contributed by atoms with Crippen molar-refractivity contribution in [3.8, 4) is 5.75 Å². The first-order valence-corrected chi connectivity index (χ1v) is 7.11. The fraction of sp³-hybridized carbons (Fsp3) is 0.438. The molecule has 106 valence electrons. The molecule has 1 aromatic heterocycles. The van der Waals surface area contributed by atoms with Crippen molar-refractivity contribution in [2.45, 2.75) is 19.4 Å². The van der Waals surface area contributed by atoms with Gasteiger partial charge in [-0.15, -0.1) is 0 Å². The van der Waals surface area contributed by atoms with Crippen molar-refractivity contribution in [2.75, 3.05) is 25.1 Å². The molecule has 2 unspecified atom stereocenters. The summed E-state index contributed by atoms with van der Waals surface area (Å²) >= 11 is 0. The molecule has 2 N–H and O–H groups in total. The number of methoxy groups -OCH3 is 1. The lowest BCUT2D eigenvalue weighted by Gasteiger charge is -2.36. The lowest BCUT2D eigenvalue weighted by molar-refractivity contribution is 0.400. The maximum atomic E-state index is 6.16. The molecule has 1 saturated heterocycles. The average Bonchev–Trinajstić information content (AvgIpc) is 2.45. The molecule has 1 aromatic carbocycles. The van der Waals surface area contributed by atoms with Gasteiger partial charge in [-0.3, -0.25) is 0 Å². The summed E-state index contributed by atoms with van der Waals surface area (Å²) in [5, 5.41) is 2.24. The summed E-state index contributed by atoms with van der Waals surface area (Å²) < 4.78 is 5.44. The molecule has 1 fully saturated rings. The van der Waals surface area contributed by atoms with Gasteiger partial charge in [0.15, 0.2) is 0 Å². The van der Waals surface area contributed by atoms with Crippen LogP contribution in [0, 0.1) is 5.92 Å². The molecule has 3 rings (SSSR count). The van der Waals surface area contributed by atoms with Gasteiger partial charge in [0.25, 0.3) is 0 Å². The van der Waals surface area contributed by atoms with E-state index in [-0.39, 0.29) is 6.04 Å². The van der Waals surface area contributed by atoms with Crippen LogP contribution in [-0.4, -0.2) is 31.2 Å². The Bertz CT molecular complexity index is 604. The van der Waals surface area contributed by atoms with E-state index >= 15 is 0 Å². The Morgan fingerprint density at radius 3 is 2.85 bits per heavy atom. The van der Waals surface area contributed by atoms with Crippen LogP contribution in [0.1, 0.15) is 13.3 Å². The van der Waals surface area contributed by atoms with E-state index in [0.29, 0.717) is 5.92 Å². The molecule has 4 nitrogen and oxygen atoms in total. The third kappa shape index (κ3) is 2.31. The third-order valence-corrected chi connectivity index (χ3v) is 3.96. The van der Waals surface area contributed by atoms with Gasteiger partial charge in [-0.2, -0.15) is 0 Å². The van der Waals surface area contributed by atoms with E-state index in [1.165, 1.54) is 0 Å². The SMILES string of the molecule is COc1cccc2c(N3CC(C)CC(N)C3)nccc12. The second-order valence-corrected chi connectivity index (χ2v) is 5.70. The molecule has 2 heterocycles. The first-order valence-electron chi connectivity index (χ1n) is 7.11. The Labute approximate surface area is 119 Å². The number of fused-ring (bicyclic) bond motifs is 1. The minimum atomic E-state index is 0.224. The maximum Gasteiger partial charge on any atom is 0.136 e. The average molecular weight is 271 g/mol. The molecule has 1 aliphatic rings. The first kappa shape index (κ1) is 13.2. The summed E-state index contributed by atoms with van der Waals surface area (Å²) in [6.07, 6.45) is 2.94. The number of hydrogen-bond donors (Lipinski definition) is 1. The minimum absolute atomic E-state index is 0.224. The highest BCUT2D eigenvalue weighted by atomic mass is 16.5. The number of hydrogen-bond acceptors (Lipinski definition) is 4. The zero-order valence-electron chi connectivity index (χ0n) is 12.0. The summed E-state index contributed by atoms with van der Waals surface area (Å²) in [4.78, 5) is 6.90. The zero-order valence-corrected chi connectivity index (χ0v) is 12.0. The summed E-state index contributed by atoms with van der Waals surface area (Å²) in [7, 11) is 1.70. The predicted molar refractivity (Wildman–Crippen MR) is 82.3 cm³/mol. The molecule has 0 radical (unpaired) electrons. The summed E-state index contributed by atoms with van der Waals surface area (Å²) in [6, 6.07) is 8.33. The Morgan fingerprint density at radius 2 is 2.10 bits per heavy atom. The van der Waals surface area contributed by atoms with Gasteiger partial charge >= 0.3 is 0 Å². The number of anilines is 1. The van der Waals surface area contributed by atoms with Gasteiger partial charge in [0.05, 0.1) is 7.11 Å². The minimum Gasteiger partial charge on any atom is -0.496 e. The Balaban J connectivity index is 2.07. The highest BCUT2D eigenvalue weighted by molar-refractivity contribution is 5.96. The quantitative estimate of drug-likeness (QED) is 0.911. The van der Waals surface area contributed by atoms with Gasteiger partial charge in [-0.1, -0.05) is 19.1 Å². The fourth-order valence-corrected chi connectivity index (χ4v) is 3.17. The molecule has 1 aliphatic heterocycles. The summed E-state index contributed by atoms with van der Waals surface area (Å²) in [6.45, 7) is 4.13. The van der Waals surface area contributed by atoms with Crippen molar-refractivity contribution >= 4 is 16.6 Å². The largest absolute Gasteiger partial charge is 0.496 e.